The van der Waals surface area contributed by atoms with Crippen LogP contribution in [0.25, 0.3) is 0 Å². The fraction of sp³-hybridized carbons (Fsp3) is 0.667. The summed E-state index contributed by atoms with van der Waals surface area (Å²) in [7, 11) is 2.90. The summed E-state index contributed by atoms with van der Waals surface area (Å²) in [5.74, 6) is 0. The summed E-state index contributed by atoms with van der Waals surface area (Å²) in [5.41, 5.74) is 0. The zero-order chi connectivity index (χ0) is 8.15. The molecule has 0 aliphatic carbocycles. The van der Waals surface area contributed by atoms with Gasteiger partial charge in [-0.15, -0.1) is 0 Å². The van der Waals surface area contributed by atoms with E-state index in [4.69, 9.17) is 4.55 Å². The maximum Gasteiger partial charge on any atom is 0.429 e. The lowest BCUT2D eigenvalue weighted by molar-refractivity contribution is 0.0975. The van der Waals surface area contributed by atoms with Crippen LogP contribution in [0.2, 0.25) is 0 Å². The van der Waals surface area contributed by atoms with Gasteiger partial charge in [-0.05, 0) is 4.89 Å². The van der Waals surface area contributed by atoms with Crippen LogP contribution in [0.4, 0.5) is 4.79 Å². The van der Waals surface area contributed by atoms with Crippen LogP contribution in [0.1, 0.15) is 0 Å². The average molecular weight is 168 g/mol. The molecule has 1 amide bonds. The number of carbonyl (C=O) groups excluding carboxylic acids is 1. The molecule has 0 saturated carbocycles. The Morgan fingerprint density at radius 3 is 2.50 bits per heavy atom. The highest BCUT2D eigenvalue weighted by atomic mass is 32.2. The third-order valence-electron chi connectivity index (χ3n) is 0.565. The zero-order valence-electron chi connectivity index (χ0n) is 5.53. The number of nitrogens with zero attached hydrogens (tertiary/aromatic N) is 1. The molecule has 0 aliphatic heterocycles. The van der Waals surface area contributed by atoms with Crippen molar-refractivity contribution in [3.63, 3.8) is 0 Å². The standard InChI is InChI=1S/C3H8N2O4S/c1-5(2)3(6)9-4-10(7)8/h4H,1-2H3,(H,7,8). The molecule has 10 heavy (non-hydrogen) atoms. The van der Waals surface area contributed by atoms with E-state index < -0.39 is 17.4 Å². The summed E-state index contributed by atoms with van der Waals surface area (Å²) in [5, 5.41) is 0. The molecule has 0 fully saturated rings. The van der Waals surface area contributed by atoms with Crippen LogP contribution in [0.15, 0.2) is 0 Å². The summed E-state index contributed by atoms with van der Waals surface area (Å²) in [6.45, 7) is 0. The lowest BCUT2D eigenvalue weighted by Gasteiger charge is -2.07. The summed E-state index contributed by atoms with van der Waals surface area (Å²) in [6.07, 6.45) is -0.734. The Hall–Kier alpha value is -0.660. The Labute approximate surface area is 60.5 Å². The Morgan fingerprint density at radius 2 is 2.20 bits per heavy atom. The molecule has 0 saturated heterocycles. The van der Waals surface area contributed by atoms with E-state index in [2.05, 4.69) is 4.84 Å². The van der Waals surface area contributed by atoms with Crippen LogP contribution in [0.5, 0.6) is 0 Å². The van der Waals surface area contributed by atoms with Gasteiger partial charge in [-0.1, -0.05) is 0 Å². The van der Waals surface area contributed by atoms with Gasteiger partial charge in [0.1, 0.15) is 0 Å². The Morgan fingerprint density at radius 1 is 1.70 bits per heavy atom. The largest absolute Gasteiger partial charge is 0.429 e. The number of hydrogen-bond donors (Lipinski definition) is 2. The Bertz CT molecular complexity index is 147. The molecule has 0 aromatic heterocycles. The molecule has 0 radical (unpaired) electrons. The van der Waals surface area contributed by atoms with Gasteiger partial charge >= 0.3 is 6.09 Å². The summed E-state index contributed by atoms with van der Waals surface area (Å²) >= 11 is -2.32. The second-order valence-electron chi connectivity index (χ2n) is 1.59. The van der Waals surface area contributed by atoms with Crippen LogP contribution in [0.3, 0.4) is 0 Å². The summed E-state index contributed by atoms with van der Waals surface area (Å²) in [6, 6.07) is 0. The second-order valence-corrected chi connectivity index (χ2v) is 2.26. The highest BCUT2D eigenvalue weighted by molar-refractivity contribution is 7.76. The average Bonchev–Trinajstić information content (AvgIpc) is 1.82. The maximum atomic E-state index is 10.4. The van der Waals surface area contributed by atoms with Crippen molar-refractivity contribution in [3.05, 3.63) is 0 Å². The summed E-state index contributed by atoms with van der Waals surface area (Å²) < 4.78 is 17.9. The molecule has 0 heterocycles. The highest BCUT2D eigenvalue weighted by Gasteiger charge is 2.04. The maximum absolute atomic E-state index is 10.4. The first-order chi connectivity index (χ1) is 4.54. The van der Waals surface area contributed by atoms with Gasteiger partial charge in [0.05, 0.1) is 0 Å². The van der Waals surface area contributed by atoms with Crippen LogP contribution < -0.4 is 4.89 Å². The van der Waals surface area contributed by atoms with Gasteiger partial charge in [-0.25, -0.2) is 9.00 Å². The van der Waals surface area contributed by atoms with Crippen molar-refractivity contribution in [1.82, 2.24) is 9.79 Å². The molecule has 1 unspecified atom stereocenters. The van der Waals surface area contributed by atoms with Crippen molar-refractivity contribution in [2.24, 2.45) is 0 Å². The predicted octanol–water partition coefficient (Wildman–Crippen LogP) is -0.674. The van der Waals surface area contributed by atoms with Gasteiger partial charge in [0, 0.05) is 14.1 Å². The first kappa shape index (κ1) is 9.34. The summed E-state index contributed by atoms with van der Waals surface area (Å²) in [4.78, 5) is 17.2. The lowest BCUT2D eigenvalue weighted by Crippen LogP contribution is -2.30. The third-order valence-corrected chi connectivity index (χ3v) is 0.791. The molecule has 0 bridgehead atoms. The molecule has 1 atom stereocenters. The number of rotatable bonds is 2. The minimum atomic E-state index is -2.32. The van der Waals surface area contributed by atoms with Crippen molar-refractivity contribution < 1.29 is 18.4 Å². The van der Waals surface area contributed by atoms with Crippen molar-refractivity contribution in [2.75, 3.05) is 14.1 Å². The number of hydrogen-bond acceptors (Lipinski definition) is 3. The van der Waals surface area contributed by atoms with Gasteiger partial charge < -0.3 is 9.74 Å². The smallest absolute Gasteiger partial charge is 0.338 e. The monoisotopic (exact) mass is 168 g/mol. The van der Waals surface area contributed by atoms with Crippen LogP contribution in [0, 0.1) is 0 Å². The molecule has 6 nitrogen and oxygen atoms in total. The molecular weight excluding hydrogens is 160 g/mol. The minimum absolute atomic E-state index is 0.734. The van der Waals surface area contributed by atoms with Crippen molar-refractivity contribution in [3.8, 4) is 0 Å². The molecule has 0 aliphatic rings. The lowest BCUT2D eigenvalue weighted by atomic mass is 10.9. The minimum Gasteiger partial charge on any atom is -0.338 e. The second kappa shape index (κ2) is 4.20. The highest BCUT2D eigenvalue weighted by Crippen LogP contribution is 1.81. The molecule has 0 rings (SSSR count). The van der Waals surface area contributed by atoms with Crippen LogP contribution >= 0.6 is 0 Å². The van der Waals surface area contributed by atoms with E-state index in [0.29, 0.717) is 0 Å². The molecular formula is C3H8N2O4S. The van der Waals surface area contributed by atoms with Gasteiger partial charge in [0.2, 0.25) is 0 Å². The zero-order valence-corrected chi connectivity index (χ0v) is 6.34. The van der Waals surface area contributed by atoms with E-state index in [9.17, 15) is 9.00 Å². The van der Waals surface area contributed by atoms with Gasteiger partial charge in [-0.2, -0.15) is 0 Å². The van der Waals surface area contributed by atoms with Crippen LogP contribution in [-0.2, 0) is 16.1 Å². The fourth-order valence-electron chi connectivity index (χ4n) is 0.163. The first-order valence-electron chi connectivity index (χ1n) is 2.28. The van der Waals surface area contributed by atoms with Crippen molar-refractivity contribution in [1.29, 1.82) is 0 Å². The van der Waals surface area contributed by atoms with E-state index in [1.807, 2.05) is 0 Å². The molecule has 0 aromatic carbocycles. The Kier molecular flexibility index (Phi) is 3.93. The predicted molar refractivity (Wildman–Crippen MR) is 34.1 cm³/mol. The molecule has 0 aromatic rings. The number of nitrogens with one attached hydrogen (secondary N) is 1. The third kappa shape index (κ3) is 4.24. The van der Waals surface area contributed by atoms with Crippen LogP contribution in [-0.4, -0.2) is 33.9 Å². The number of carbonyl (C=O) groups is 1. The molecule has 60 valence electrons. The van der Waals surface area contributed by atoms with E-state index in [0.717, 1.165) is 4.90 Å². The Balaban J connectivity index is 3.50. The normalized spacial score (nSPS) is 12.3. The first-order valence-corrected chi connectivity index (χ1v) is 3.39. The quantitative estimate of drug-likeness (QED) is 0.423. The van der Waals surface area contributed by atoms with Crippen molar-refractivity contribution in [2.45, 2.75) is 0 Å². The van der Waals surface area contributed by atoms with Gasteiger partial charge in [0.15, 0.2) is 0 Å². The van der Waals surface area contributed by atoms with E-state index in [1.165, 1.54) is 14.1 Å². The SMILES string of the molecule is CN(C)C(=O)ONS(=O)O. The number of amides is 1. The van der Waals surface area contributed by atoms with Gasteiger partial charge in [-0.3, -0.25) is 4.55 Å². The molecule has 2 N–H and O–H groups in total. The van der Waals surface area contributed by atoms with E-state index >= 15 is 0 Å². The fourth-order valence-corrected chi connectivity index (χ4v) is 0.305. The van der Waals surface area contributed by atoms with Gasteiger partial charge in [0.25, 0.3) is 11.3 Å². The van der Waals surface area contributed by atoms with E-state index in [1.54, 1.807) is 4.89 Å². The molecule has 0 spiro atoms. The topological polar surface area (TPSA) is 78.9 Å². The van der Waals surface area contributed by atoms with Crippen molar-refractivity contribution >= 4 is 17.4 Å². The van der Waals surface area contributed by atoms with E-state index in [-0.39, 0.29) is 0 Å². The molecule has 7 heteroatoms.